The topological polar surface area (TPSA) is 174 Å². The molecule has 2 aromatic rings. The van der Waals surface area contributed by atoms with Crippen molar-refractivity contribution in [1.82, 2.24) is 0 Å². The first-order valence-electron chi connectivity index (χ1n) is 20.8. The van der Waals surface area contributed by atoms with Gasteiger partial charge < -0.3 is 40.1 Å². The number of ether oxygens (including phenoxy) is 2. The number of hydrogen-bond donors (Lipinski definition) is 6. The third kappa shape index (κ3) is 11.1. The second-order valence-electron chi connectivity index (χ2n) is 21.1. The van der Waals surface area contributed by atoms with Gasteiger partial charge in [-0.3, -0.25) is 9.59 Å². The predicted octanol–water partition coefficient (Wildman–Crippen LogP) is 7.26. The van der Waals surface area contributed by atoms with Gasteiger partial charge >= 0.3 is 11.9 Å². The molecule has 6 N–H and O–H groups in total. The molecule has 0 radical (unpaired) electrons. The number of aliphatic hydroxyl groups is 4. The summed E-state index contributed by atoms with van der Waals surface area (Å²) in [5.41, 5.74) is 2.29. The first kappa shape index (κ1) is 46.5. The quantitative estimate of drug-likeness (QED) is 0.120. The number of aliphatic hydroxyl groups excluding tert-OH is 4. The van der Waals surface area contributed by atoms with E-state index >= 15 is 0 Å². The predicted molar refractivity (Wildman–Crippen MR) is 221 cm³/mol. The summed E-state index contributed by atoms with van der Waals surface area (Å²) in [6, 6.07) is 7.64. The number of phenols is 2. The molecule has 320 valence electrons. The molecule has 2 fully saturated rings. The molecule has 4 unspecified atom stereocenters. The van der Waals surface area contributed by atoms with Crippen molar-refractivity contribution in [2.75, 3.05) is 13.2 Å². The van der Waals surface area contributed by atoms with Crippen LogP contribution in [0.2, 0.25) is 0 Å². The number of carbonyl (C=O) groups is 2. The first-order chi connectivity index (χ1) is 26.1. The van der Waals surface area contributed by atoms with Crippen LogP contribution in [0.3, 0.4) is 0 Å². The third-order valence-electron chi connectivity index (χ3n) is 12.8. The molecule has 1 spiro atoms. The fourth-order valence-corrected chi connectivity index (χ4v) is 9.88. The van der Waals surface area contributed by atoms with Crippen LogP contribution in [0.5, 0.6) is 11.5 Å². The third-order valence-corrected chi connectivity index (χ3v) is 12.8. The number of rotatable bonds is 12. The molecular formula is C47H72O10. The first-order valence-corrected chi connectivity index (χ1v) is 20.8. The maximum atomic E-state index is 12.9. The van der Waals surface area contributed by atoms with Crippen LogP contribution in [-0.2, 0) is 42.7 Å². The van der Waals surface area contributed by atoms with Crippen LogP contribution in [0.15, 0.2) is 24.3 Å². The van der Waals surface area contributed by atoms with Crippen molar-refractivity contribution < 1.29 is 49.7 Å². The molecular weight excluding hydrogens is 725 g/mol. The fourth-order valence-electron chi connectivity index (χ4n) is 9.88. The fraction of sp³-hybridized carbons (Fsp3) is 0.702. The molecule has 0 aromatic heterocycles. The highest BCUT2D eigenvalue weighted by Crippen LogP contribution is 2.55. The highest BCUT2D eigenvalue weighted by Gasteiger charge is 2.56. The second kappa shape index (κ2) is 17.2. The Bertz CT molecular complexity index is 1590. The highest BCUT2D eigenvalue weighted by atomic mass is 16.5. The molecule has 2 aliphatic rings. The molecule has 57 heavy (non-hydrogen) atoms. The average molecular weight is 797 g/mol. The zero-order chi connectivity index (χ0) is 43.1. The van der Waals surface area contributed by atoms with E-state index < -0.39 is 52.5 Å². The van der Waals surface area contributed by atoms with E-state index in [4.69, 9.17) is 9.47 Å². The molecule has 2 aliphatic carbocycles. The van der Waals surface area contributed by atoms with E-state index in [-0.39, 0.29) is 86.0 Å². The minimum Gasteiger partial charge on any atom is -0.507 e. The number of hydrogen-bond acceptors (Lipinski definition) is 10. The van der Waals surface area contributed by atoms with Gasteiger partial charge in [0.2, 0.25) is 0 Å². The van der Waals surface area contributed by atoms with Crippen LogP contribution in [0.4, 0.5) is 0 Å². The van der Waals surface area contributed by atoms with Crippen molar-refractivity contribution in [2.24, 2.45) is 28.1 Å². The Kier molecular flexibility index (Phi) is 14.0. The van der Waals surface area contributed by atoms with E-state index in [2.05, 4.69) is 0 Å². The smallest absolute Gasteiger partial charge is 0.306 e. The van der Waals surface area contributed by atoms with Crippen molar-refractivity contribution >= 4 is 11.9 Å². The molecule has 0 amide bonds. The maximum Gasteiger partial charge on any atom is 0.306 e. The van der Waals surface area contributed by atoms with E-state index in [1.165, 1.54) is 0 Å². The van der Waals surface area contributed by atoms with Crippen molar-refractivity contribution in [1.29, 1.82) is 0 Å². The van der Waals surface area contributed by atoms with Gasteiger partial charge in [0.15, 0.2) is 0 Å². The summed E-state index contributed by atoms with van der Waals surface area (Å²) in [7, 11) is 0. The van der Waals surface area contributed by atoms with Gasteiger partial charge in [0.1, 0.15) is 11.5 Å². The number of aryl methyl sites for hydroxylation is 4. The van der Waals surface area contributed by atoms with Crippen molar-refractivity contribution in [2.45, 2.75) is 170 Å². The van der Waals surface area contributed by atoms with Crippen LogP contribution < -0.4 is 0 Å². The van der Waals surface area contributed by atoms with Crippen LogP contribution in [0.25, 0.3) is 0 Å². The number of benzene rings is 2. The highest BCUT2D eigenvalue weighted by molar-refractivity contribution is 5.70. The van der Waals surface area contributed by atoms with Crippen LogP contribution >= 0.6 is 0 Å². The minimum absolute atomic E-state index is 0.00619. The number of carbonyl (C=O) groups excluding carboxylic acids is 2. The van der Waals surface area contributed by atoms with E-state index in [0.29, 0.717) is 12.8 Å². The lowest BCUT2D eigenvalue weighted by Gasteiger charge is -2.56. The molecule has 0 heterocycles. The summed E-state index contributed by atoms with van der Waals surface area (Å²) in [6.07, 6.45) is -1.56. The summed E-state index contributed by atoms with van der Waals surface area (Å²) < 4.78 is 11.4. The van der Waals surface area contributed by atoms with Gasteiger partial charge in [-0.1, -0.05) is 93.5 Å². The van der Waals surface area contributed by atoms with Crippen molar-refractivity contribution in [3.63, 3.8) is 0 Å². The van der Waals surface area contributed by atoms with Crippen LogP contribution in [-0.4, -0.2) is 80.2 Å². The van der Waals surface area contributed by atoms with Gasteiger partial charge in [0.05, 0.1) is 37.6 Å². The summed E-state index contributed by atoms with van der Waals surface area (Å²) in [4.78, 5) is 25.8. The Labute approximate surface area is 341 Å². The van der Waals surface area contributed by atoms with Crippen LogP contribution in [0, 0.1) is 41.9 Å². The number of esters is 2. The van der Waals surface area contributed by atoms with Gasteiger partial charge in [-0.05, 0) is 102 Å². The SMILES string of the molecule is Cc1cc(CCC(=O)OCC(C)(C)C2C(O)CC3(CC2O)CC(O)C(C(C)(C)COC(=O)CCc2cc(C)c(O)c(C(C)(C)C)c2)C(O)C3)cc(C(C)(C)C)c1O. The lowest BCUT2D eigenvalue weighted by Crippen LogP contribution is -2.58. The molecule has 2 aromatic carbocycles. The zero-order valence-electron chi connectivity index (χ0n) is 36.7. The van der Waals surface area contributed by atoms with E-state index in [0.717, 1.165) is 33.4 Å². The van der Waals surface area contributed by atoms with Gasteiger partial charge in [-0.15, -0.1) is 0 Å². The van der Waals surface area contributed by atoms with Gasteiger partial charge in [0, 0.05) is 35.5 Å². The molecule has 10 heteroatoms. The number of phenolic OH excluding ortho intramolecular Hbond substituents is 2. The average Bonchev–Trinajstić information content (AvgIpc) is 3.05. The van der Waals surface area contributed by atoms with E-state index in [1.54, 1.807) is 0 Å². The lowest BCUT2D eigenvalue weighted by molar-refractivity contribution is -0.189. The molecule has 4 rings (SSSR count). The molecule has 4 atom stereocenters. The van der Waals surface area contributed by atoms with Gasteiger partial charge in [-0.25, -0.2) is 0 Å². The Morgan fingerprint density at radius 1 is 0.579 bits per heavy atom. The number of aromatic hydroxyl groups is 2. The van der Waals surface area contributed by atoms with Gasteiger partial charge in [-0.2, -0.15) is 0 Å². The summed E-state index contributed by atoms with van der Waals surface area (Å²) in [5.74, 6) is -1.43. The summed E-state index contributed by atoms with van der Waals surface area (Å²) >= 11 is 0. The van der Waals surface area contributed by atoms with Gasteiger partial charge in [0.25, 0.3) is 0 Å². The Morgan fingerprint density at radius 2 is 0.877 bits per heavy atom. The molecule has 2 saturated carbocycles. The largest absolute Gasteiger partial charge is 0.507 e. The molecule has 10 nitrogen and oxygen atoms in total. The van der Waals surface area contributed by atoms with Crippen LogP contribution in [0.1, 0.15) is 141 Å². The monoisotopic (exact) mass is 797 g/mol. The van der Waals surface area contributed by atoms with E-state index in [1.807, 2.05) is 107 Å². The van der Waals surface area contributed by atoms with E-state index in [9.17, 15) is 40.2 Å². The molecule has 0 aliphatic heterocycles. The molecule has 0 saturated heterocycles. The maximum absolute atomic E-state index is 12.9. The zero-order valence-corrected chi connectivity index (χ0v) is 36.7. The lowest BCUT2D eigenvalue weighted by atomic mass is 9.53. The Balaban J connectivity index is 1.30. The Hall–Kier alpha value is -3.18. The normalized spacial score (nSPS) is 26.0. The second-order valence-corrected chi connectivity index (χ2v) is 21.1. The summed E-state index contributed by atoms with van der Waals surface area (Å²) in [6.45, 7) is 23.4. The minimum atomic E-state index is -0.958. The standard InChI is InChI=1S/C47H72O10/c1-27-17-29(19-31(41(27)54)43(3,4)5)13-15-37(52)56-25-45(9,10)39-33(48)21-47(22-34(39)49)23-35(50)40(36(51)24-47)46(11,12)26-57-38(53)16-14-30-18-28(2)42(55)32(20-30)44(6,7)8/h17-20,33-36,39-40,48-51,54-55H,13-16,21-26H2,1-12H3. The Morgan fingerprint density at radius 3 is 1.16 bits per heavy atom. The van der Waals surface area contributed by atoms with Crippen molar-refractivity contribution in [3.05, 3.63) is 57.6 Å². The molecule has 0 bridgehead atoms. The van der Waals surface area contributed by atoms with Crippen molar-refractivity contribution in [3.8, 4) is 11.5 Å². The summed E-state index contributed by atoms with van der Waals surface area (Å²) in [5, 5.41) is 67.3.